The first-order valence-electron chi connectivity index (χ1n) is 6.27. The van der Waals surface area contributed by atoms with E-state index in [4.69, 9.17) is 10.5 Å². The molecule has 0 spiro atoms. The van der Waals surface area contributed by atoms with E-state index in [2.05, 4.69) is 10.4 Å². The van der Waals surface area contributed by atoms with Crippen molar-refractivity contribution in [2.45, 2.75) is 33.7 Å². The lowest BCUT2D eigenvalue weighted by Gasteiger charge is -2.07. The van der Waals surface area contributed by atoms with E-state index < -0.39 is 5.97 Å². The number of nitrogens with one attached hydrogen (secondary N) is 1. The van der Waals surface area contributed by atoms with E-state index in [1.54, 1.807) is 6.92 Å². The summed E-state index contributed by atoms with van der Waals surface area (Å²) < 4.78 is 6.54. The molecule has 0 radical (unpaired) electrons. The molecule has 7 heteroatoms. The molecule has 1 aromatic heterocycles. The molecule has 0 saturated carbocycles. The zero-order chi connectivity index (χ0) is 14.4. The van der Waals surface area contributed by atoms with Crippen LogP contribution in [0.3, 0.4) is 0 Å². The first kappa shape index (κ1) is 15.0. The van der Waals surface area contributed by atoms with Crippen LogP contribution in [0.2, 0.25) is 0 Å². The first-order chi connectivity index (χ1) is 9.01. The van der Waals surface area contributed by atoms with Gasteiger partial charge in [-0.15, -0.1) is 0 Å². The number of aryl methyl sites for hydroxylation is 2. The number of nitrogens with zero attached hydrogens (tertiary/aromatic N) is 2. The fourth-order valence-electron chi connectivity index (χ4n) is 1.63. The van der Waals surface area contributed by atoms with Gasteiger partial charge in [-0.2, -0.15) is 5.10 Å². The number of aromatic nitrogens is 2. The van der Waals surface area contributed by atoms with Gasteiger partial charge in [0.05, 0.1) is 17.8 Å². The summed E-state index contributed by atoms with van der Waals surface area (Å²) >= 11 is 0. The van der Waals surface area contributed by atoms with Gasteiger partial charge < -0.3 is 15.8 Å². The number of rotatable bonds is 6. The Morgan fingerprint density at radius 3 is 2.68 bits per heavy atom. The summed E-state index contributed by atoms with van der Waals surface area (Å²) in [6.45, 7) is 6.52. The van der Waals surface area contributed by atoms with Crippen molar-refractivity contribution in [1.82, 2.24) is 15.1 Å². The maximum atomic E-state index is 11.9. The molecule has 0 aliphatic rings. The van der Waals surface area contributed by atoms with Crippen molar-refractivity contribution < 1.29 is 14.3 Å². The molecule has 0 saturated heterocycles. The minimum Gasteiger partial charge on any atom is -0.460 e. The van der Waals surface area contributed by atoms with E-state index in [-0.39, 0.29) is 24.6 Å². The van der Waals surface area contributed by atoms with Crippen molar-refractivity contribution in [2.24, 2.45) is 0 Å². The summed E-state index contributed by atoms with van der Waals surface area (Å²) in [6, 6.07) is 0. The molecule has 0 aromatic carbocycles. The number of ether oxygens (including phenoxy) is 1. The number of hydrogen-bond donors (Lipinski definition) is 2. The van der Waals surface area contributed by atoms with Crippen LogP contribution in [0, 0.1) is 6.92 Å². The van der Waals surface area contributed by atoms with E-state index in [9.17, 15) is 9.59 Å². The molecule has 106 valence electrons. The predicted octanol–water partition coefficient (Wildman–Crippen LogP) is 0.477. The van der Waals surface area contributed by atoms with Gasteiger partial charge in [0.2, 0.25) is 5.91 Å². The second-order valence-electron chi connectivity index (χ2n) is 4.00. The zero-order valence-corrected chi connectivity index (χ0v) is 11.5. The Balaban J connectivity index is 2.61. The monoisotopic (exact) mass is 268 g/mol. The minimum atomic E-state index is -0.552. The summed E-state index contributed by atoms with van der Waals surface area (Å²) in [7, 11) is 0. The summed E-state index contributed by atoms with van der Waals surface area (Å²) in [4.78, 5) is 23.1. The smallest absolute Gasteiger partial charge is 0.358 e. The van der Waals surface area contributed by atoms with E-state index >= 15 is 0 Å². The average Bonchev–Trinajstić information content (AvgIpc) is 2.65. The van der Waals surface area contributed by atoms with Gasteiger partial charge in [-0.25, -0.2) is 4.79 Å². The standard InChI is InChI=1S/C12H20N4O3/c1-4-14-9(17)6-7-19-12(18)11-10(13)8(3)15-16(11)5-2/h4-7,13H2,1-3H3,(H,14,17). The fourth-order valence-corrected chi connectivity index (χ4v) is 1.63. The van der Waals surface area contributed by atoms with Crippen LogP contribution in [0.1, 0.15) is 36.5 Å². The maximum Gasteiger partial charge on any atom is 0.358 e. The molecule has 1 heterocycles. The van der Waals surface area contributed by atoms with E-state index in [0.717, 1.165) is 0 Å². The van der Waals surface area contributed by atoms with Crippen molar-refractivity contribution in [3.63, 3.8) is 0 Å². The Hall–Kier alpha value is -2.05. The fraction of sp³-hybridized carbons (Fsp3) is 0.583. The van der Waals surface area contributed by atoms with Crippen molar-refractivity contribution >= 4 is 17.6 Å². The van der Waals surface area contributed by atoms with E-state index in [1.165, 1.54) is 4.68 Å². The van der Waals surface area contributed by atoms with E-state index in [1.807, 2.05) is 13.8 Å². The maximum absolute atomic E-state index is 11.9. The zero-order valence-electron chi connectivity index (χ0n) is 11.5. The Morgan fingerprint density at radius 2 is 2.11 bits per heavy atom. The summed E-state index contributed by atoms with van der Waals surface area (Å²) in [5, 5.41) is 6.76. The molecule has 0 aliphatic carbocycles. The van der Waals surface area contributed by atoms with Crippen LogP contribution in [0.4, 0.5) is 5.69 Å². The van der Waals surface area contributed by atoms with Gasteiger partial charge in [-0.05, 0) is 20.8 Å². The van der Waals surface area contributed by atoms with Crippen molar-refractivity contribution in [3.05, 3.63) is 11.4 Å². The second-order valence-corrected chi connectivity index (χ2v) is 4.00. The second kappa shape index (κ2) is 6.77. The van der Waals surface area contributed by atoms with Crippen molar-refractivity contribution in [2.75, 3.05) is 18.9 Å². The number of hydrogen-bond acceptors (Lipinski definition) is 5. The van der Waals surface area contributed by atoms with Crippen LogP contribution in [0.5, 0.6) is 0 Å². The number of carbonyl (C=O) groups excluding carboxylic acids is 2. The Labute approximate surface area is 112 Å². The average molecular weight is 268 g/mol. The SMILES string of the molecule is CCNC(=O)CCOC(=O)c1c(N)c(C)nn1CC. The molecule has 0 atom stereocenters. The number of carbonyl (C=O) groups is 2. The van der Waals surface area contributed by atoms with Gasteiger partial charge in [0.25, 0.3) is 0 Å². The van der Waals surface area contributed by atoms with Crippen LogP contribution in [-0.2, 0) is 16.1 Å². The van der Waals surface area contributed by atoms with Gasteiger partial charge >= 0.3 is 5.97 Å². The van der Waals surface area contributed by atoms with Crippen molar-refractivity contribution in [1.29, 1.82) is 0 Å². The topological polar surface area (TPSA) is 99.2 Å². The summed E-state index contributed by atoms with van der Waals surface area (Å²) in [6.07, 6.45) is 0.138. The highest BCUT2D eigenvalue weighted by Gasteiger charge is 2.20. The van der Waals surface area contributed by atoms with Crippen LogP contribution < -0.4 is 11.1 Å². The van der Waals surface area contributed by atoms with Crippen LogP contribution in [0.25, 0.3) is 0 Å². The molecule has 19 heavy (non-hydrogen) atoms. The quantitative estimate of drug-likeness (QED) is 0.731. The first-order valence-corrected chi connectivity index (χ1v) is 6.27. The number of amides is 1. The van der Waals surface area contributed by atoms with E-state index in [0.29, 0.717) is 24.5 Å². The lowest BCUT2D eigenvalue weighted by atomic mass is 10.3. The molecule has 3 N–H and O–H groups in total. The molecular weight excluding hydrogens is 248 g/mol. The molecule has 0 bridgehead atoms. The number of nitrogens with two attached hydrogens (primary N) is 1. The van der Waals surface area contributed by atoms with Gasteiger partial charge in [-0.1, -0.05) is 0 Å². The molecule has 0 aliphatic heterocycles. The molecule has 1 aromatic rings. The lowest BCUT2D eigenvalue weighted by molar-refractivity contribution is -0.121. The Bertz CT molecular complexity index is 468. The third-order valence-electron chi connectivity index (χ3n) is 2.60. The predicted molar refractivity (Wildman–Crippen MR) is 70.6 cm³/mol. The van der Waals surface area contributed by atoms with Crippen LogP contribution in [-0.4, -0.2) is 34.8 Å². The van der Waals surface area contributed by atoms with Crippen LogP contribution >= 0.6 is 0 Å². The van der Waals surface area contributed by atoms with Gasteiger partial charge in [0.15, 0.2) is 5.69 Å². The summed E-state index contributed by atoms with van der Waals surface area (Å²) in [5.41, 5.74) is 6.96. The Kier molecular flexibility index (Phi) is 5.35. The third-order valence-corrected chi connectivity index (χ3v) is 2.60. The minimum absolute atomic E-state index is 0.0258. The Morgan fingerprint density at radius 1 is 1.42 bits per heavy atom. The molecule has 1 amide bonds. The highest BCUT2D eigenvalue weighted by Crippen LogP contribution is 2.17. The third kappa shape index (κ3) is 3.70. The highest BCUT2D eigenvalue weighted by atomic mass is 16.5. The molecule has 0 fully saturated rings. The number of nitrogen functional groups attached to an aromatic ring is 1. The number of anilines is 1. The molecule has 0 unspecified atom stereocenters. The number of esters is 1. The molecular formula is C12H20N4O3. The largest absolute Gasteiger partial charge is 0.460 e. The van der Waals surface area contributed by atoms with Crippen molar-refractivity contribution in [3.8, 4) is 0 Å². The molecule has 1 rings (SSSR count). The van der Waals surface area contributed by atoms with Gasteiger partial charge in [0, 0.05) is 13.1 Å². The van der Waals surface area contributed by atoms with Crippen LogP contribution in [0.15, 0.2) is 0 Å². The van der Waals surface area contributed by atoms with Gasteiger partial charge in [0.1, 0.15) is 6.61 Å². The van der Waals surface area contributed by atoms with Gasteiger partial charge in [-0.3, -0.25) is 9.48 Å². The lowest BCUT2D eigenvalue weighted by Crippen LogP contribution is -2.24. The normalized spacial score (nSPS) is 10.3. The summed E-state index contributed by atoms with van der Waals surface area (Å²) in [5.74, 6) is -0.701. The molecule has 7 nitrogen and oxygen atoms in total. The highest BCUT2D eigenvalue weighted by molar-refractivity contribution is 5.94.